The van der Waals surface area contributed by atoms with Gasteiger partial charge in [-0.15, -0.1) is 6.58 Å². The second-order valence-electron chi connectivity index (χ2n) is 9.84. The number of carbonyl (C=O) groups excluding carboxylic acids is 1. The maximum atomic E-state index is 12.4. The van der Waals surface area contributed by atoms with Crippen LogP contribution in [0.25, 0.3) is 0 Å². The highest BCUT2D eigenvalue weighted by Crippen LogP contribution is 2.38. The summed E-state index contributed by atoms with van der Waals surface area (Å²) < 4.78 is 12.2. The van der Waals surface area contributed by atoms with Gasteiger partial charge in [0.2, 0.25) is 0 Å². The summed E-state index contributed by atoms with van der Waals surface area (Å²) in [6.07, 6.45) is 6.46. The molecule has 174 valence electrons. The largest absolute Gasteiger partial charge is 0.457 e. The van der Waals surface area contributed by atoms with E-state index in [9.17, 15) is 4.79 Å². The molecule has 1 fully saturated rings. The van der Waals surface area contributed by atoms with Crippen LogP contribution in [-0.4, -0.2) is 35.9 Å². The van der Waals surface area contributed by atoms with Gasteiger partial charge in [0.25, 0.3) is 0 Å². The third-order valence-corrected chi connectivity index (χ3v) is 6.75. The molecule has 1 aliphatic rings. The van der Waals surface area contributed by atoms with E-state index in [1.165, 1.54) is 0 Å². The Kier molecular flexibility index (Phi) is 8.09. The standard InChI is InChI=1S/C28H36BNO3/c1-6-19-28(22-31,20-13-14-21-29-32-26(2,3)27(4,5)33-29)30-25(23-15-9-7-10-16-23)24-17-11-8-12-18-24/h6-12,15-18,22H,1,13-14,19-21H2,2-5H3. The lowest BCUT2D eigenvalue weighted by Crippen LogP contribution is -2.41. The Hall–Kier alpha value is -2.50. The fraction of sp³-hybridized carbons (Fsp3) is 0.429. The number of nitrogens with zero attached hydrogens (tertiary/aromatic N) is 1. The van der Waals surface area contributed by atoms with Gasteiger partial charge < -0.3 is 14.1 Å². The van der Waals surface area contributed by atoms with Gasteiger partial charge in [-0.25, -0.2) is 0 Å². The third kappa shape index (κ3) is 6.10. The van der Waals surface area contributed by atoms with Crippen molar-refractivity contribution in [3.05, 3.63) is 84.4 Å². The van der Waals surface area contributed by atoms with E-state index < -0.39 is 5.54 Å². The van der Waals surface area contributed by atoms with Crippen LogP contribution in [-0.2, 0) is 14.1 Å². The third-order valence-electron chi connectivity index (χ3n) is 6.75. The van der Waals surface area contributed by atoms with E-state index in [0.717, 1.165) is 42.3 Å². The molecule has 33 heavy (non-hydrogen) atoms. The lowest BCUT2D eigenvalue weighted by molar-refractivity contribution is -0.112. The zero-order valence-corrected chi connectivity index (χ0v) is 20.4. The van der Waals surface area contributed by atoms with E-state index >= 15 is 0 Å². The average Bonchev–Trinajstić information content (AvgIpc) is 3.02. The van der Waals surface area contributed by atoms with Gasteiger partial charge in [-0.3, -0.25) is 4.99 Å². The Balaban J connectivity index is 1.77. The van der Waals surface area contributed by atoms with Crippen LogP contribution in [0.3, 0.4) is 0 Å². The molecule has 2 aromatic rings. The van der Waals surface area contributed by atoms with Gasteiger partial charge in [0.05, 0.1) is 16.9 Å². The van der Waals surface area contributed by atoms with Crippen LogP contribution in [0.15, 0.2) is 78.3 Å². The highest BCUT2D eigenvalue weighted by atomic mass is 16.7. The lowest BCUT2D eigenvalue weighted by Gasteiger charge is -2.32. The average molecular weight is 445 g/mol. The molecule has 1 unspecified atom stereocenters. The molecule has 1 aliphatic heterocycles. The molecule has 0 saturated carbocycles. The molecule has 0 aliphatic carbocycles. The normalized spacial score (nSPS) is 18.4. The van der Waals surface area contributed by atoms with E-state index in [1.54, 1.807) is 6.08 Å². The van der Waals surface area contributed by atoms with Crippen LogP contribution in [0.2, 0.25) is 6.32 Å². The van der Waals surface area contributed by atoms with Crippen LogP contribution in [0.5, 0.6) is 0 Å². The Bertz CT molecular complexity index is 898. The molecular weight excluding hydrogens is 409 g/mol. The summed E-state index contributed by atoms with van der Waals surface area (Å²) in [5, 5.41) is 0. The van der Waals surface area contributed by atoms with Crippen molar-refractivity contribution >= 4 is 19.1 Å². The summed E-state index contributed by atoms with van der Waals surface area (Å²) in [4.78, 5) is 17.5. The highest BCUT2D eigenvalue weighted by molar-refractivity contribution is 6.45. The first-order chi connectivity index (χ1) is 15.7. The topological polar surface area (TPSA) is 47.9 Å². The smallest absolute Gasteiger partial charge is 0.403 e. The molecule has 3 rings (SSSR count). The minimum Gasteiger partial charge on any atom is -0.403 e. The number of hydrogen-bond acceptors (Lipinski definition) is 4. The number of aliphatic imine (C=N–C) groups is 1. The van der Waals surface area contributed by atoms with Crippen LogP contribution < -0.4 is 0 Å². The molecule has 0 amide bonds. The van der Waals surface area contributed by atoms with Crippen molar-refractivity contribution in [1.29, 1.82) is 0 Å². The predicted octanol–water partition coefficient (Wildman–Crippen LogP) is 6.30. The van der Waals surface area contributed by atoms with Crippen LogP contribution in [0, 0.1) is 0 Å². The summed E-state index contributed by atoms with van der Waals surface area (Å²) >= 11 is 0. The predicted molar refractivity (Wildman–Crippen MR) is 137 cm³/mol. The van der Waals surface area contributed by atoms with Crippen LogP contribution in [0.4, 0.5) is 0 Å². The second kappa shape index (κ2) is 10.6. The van der Waals surface area contributed by atoms with Gasteiger partial charge >= 0.3 is 7.12 Å². The Morgan fingerprint density at radius 3 is 1.91 bits per heavy atom. The van der Waals surface area contributed by atoms with Gasteiger partial charge in [-0.2, -0.15) is 0 Å². The molecular formula is C28H36BNO3. The lowest BCUT2D eigenvalue weighted by atomic mass is 9.80. The first kappa shape index (κ1) is 25.1. The first-order valence-electron chi connectivity index (χ1n) is 11.9. The van der Waals surface area contributed by atoms with E-state index in [1.807, 2.05) is 60.7 Å². The monoisotopic (exact) mass is 445 g/mol. The van der Waals surface area contributed by atoms with Crippen molar-refractivity contribution < 1.29 is 14.1 Å². The SMILES string of the molecule is C=CCC(C=O)(CCCCB1OC(C)(C)C(C)(C)O1)N=C(c1ccccc1)c1ccccc1. The molecule has 0 bridgehead atoms. The van der Waals surface area contributed by atoms with Crippen molar-refractivity contribution in [3.8, 4) is 0 Å². The Morgan fingerprint density at radius 1 is 0.939 bits per heavy atom. The molecule has 5 heteroatoms. The fourth-order valence-electron chi connectivity index (χ4n) is 4.12. The summed E-state index contributed by atoms with van der Waals surface area (Å²) in [5.74, 6) is 0. The minimum atomic E-state index is -0.849. The number of aldehydes is 1. The summed E-state index contributed by atoms with van der Waals surface area (Å²) in [7, 11) is -0.215. The van der Waals surface area contributed by atoms with E-state index in [0.29, 0.717) is 12.8 Å². The van der Waals surface area contributed by atoms with E-state index in [-0.39, 0.29) is 18.3 Å². The van der Waals surface area contributed by atoms with Gasteiger partial charge in [-0.1, -0.05) is 79.6 Å². The fourth-order valence-corrected chi connectivity index (χ4v) is 4.12. The van der Waals surface area contributed by atoms with Gasteiger partial charge in [0, 0.05) is 11.1 Å². The summed E-state index contributed by atoms with van der Waals surface area (Å²) in [6, 6.07) is 20.1. The van der Waals surface area contributed by atoms with E-state index in [4.69, 9.17) is 14.3 Å². The molecule has 1 saturated heterocycles. The van der Waals surface area contributed by atoms with Crippen molar-refractivity contribution in [2.24, 2.45) is 4.99 Å². The molecule has 2 aromatic carbocycles. The maximum absolute atomic E-state index is 12.4. The molecule has 0 N–H and O–H groups in total. The second-order valence-corrected chi connectivity index (χ2v) is 9.84. The molecule has 1 heterocycles. The van der Waals surface area contributed by atoms with Crippen LogP contribution in [0.1, 0.15) is 64.5 Å². The Morgan fingerprint density at radius 2 is 1.45 bits per heavy atom. The maximum Gasteiger partial charge on any atom is 0.457 e. The highest BCUT2D eigenvalue weighted by Gasteiger charge is 2.50. The zero-order chi connectivity index (χ0) is 24.0. The molecule has 0 spiro atoms. The summed E-state index contributed by atoms with van der Waals surface area (Å²) in [6.45, 7) is 12.2. The Labute approximate surface area is 199 Å². The minimum absolute atomic E-state index is 0.215. The quantitative estimate of drug-likeness (QED) is 0.134. The van der Waals surface area contributed by atoms with Crippen LogP contribution >= 0.6 is 0 Å². The summed E-state index contributed by atoms with van der Waals surface area (Å²) in [5.41, 5.74) is 1.33. The van der Waals surface area contributed by atoms with Gasteiger partial charge in [-0.05, 0) is 46.9 Å². The van der Waals surface area contributed by atoms with Gasteiger partial charge in [0.15, 0.2) is 0 Å². The van der Waals surface area contributed by atoms with Gasteiger partial charge in [0.1, 0.15) is 11.8 Å². The van der Waals surface area contributed by atoms with Crippen molar-refractivity contribution in [3.63, 3.8) is 0 Å². The molecule has 4 nitrogen and oxygen atoms in total. The number of unbranched alkanes of at least 4 members (excludes halogenated alkanes) is 1. The van der Waals surface area contributed by atoms with Crippen molar-refractivity contribution in [2.75, 3.05) is 0 Å². The first-order valence-corrected chi connectivity index (χ1v) is 11.9. The number of rotatable bonds is 11. The number of benzene rings is 2. The number of carbonyl (C=O) groups is 1. The van der Waals surface area contributed by atoms with Crippen molar-refractivity contribution in [1.82, 2.24) is 0 Å². The molecule has 1 atom stereocenters. The van der Waals surface area contributed by atoms with Crippen molar-refractivity contribution in [2.45, 2.75) is 76.4 Å². The molecule has 0 radical (unpaired) electrons. The van der Waals surface area contributed by atoms with E-state index in [2.05, 4.69) is 34.3 Å². The zero-order valence-electron chi connectivity index (χ0n) is 20.4. The number of hydrogen-bond donors (Lipinski definition) is 0. The molecule has 0 aromatic heterocycles.